The van der Waals surface area contributed by atoms with Crippen LogP contribution in [0.5, 0.6) is 0 Å². The number of hydrogen-bond donors (Lipinski definition) is 1. The van der Waals surface area contributed by atoms with E-state index in [1.165, 1.54) is 25.7 Å². The lowest BCUT2D eigenvalue weighted by atomic mass is 9.79. The monoisotopic (exact) mass is 399 g/mol. The Morgan fingerprint density at radius 3 is 2.28 bits per heavy atom. The van der Waals surface area contributed by atoms with E-state index in [1.807, 2.05) is 30.3 Å². The zero-order valence-electron chi connectivity index (χ0n) is 17.9. The Hall–Kier alpha value is -1.43. The van der Waals surface area contributed by atoms with Crippen molar-refractivity contribution in [3.05, 3.63) is 35.9 Å². The van der Waals surface area contributed by atoms with Gasteiger partial charge in [0.2, 0.25) is 5.91 Å². The minimum Gasteiger partial charge on any atom is -0.383 e. The maximum Gasteiger partial charge on any atom is 0.225 e. The van der Waals surface area contributed by atoms with Gasteiger partial charge in [-0.15, -0.1) is 0 Å². The normalized spacial score (nSPS) is 30.8. The standard InChI is InChI=1S/C24H37N3O2/c1-25-15-17-26(18-16-25)22-19-27(23(28)20-9-5-2-3-6-10-20)14-13-24(22,29)21-11-7-4-8-12-21/h4,7-8,11-12,20,22,29H,2-3,5-6,9-10,13-19H2,1H3/t22-,24+/m1/s1. The third kappa shape index (κ3) is 4.52. The summed E-state index contributed by atoms with van der Waals surface area (Å²) < 4.78 is 0. The van der Waals surface area contributed by atoms with Gasteiger partial charge in [-0.25, -0.2) is 0 Å². The van der Waals surface area contributed by atoms with E-state index in [0.717, 1.165) is 44.6 Å². The van der Waals surface area contributed by atoms with E-state index in [2.05, 4.69) is 21.7 Å². The Labute approximate surface area is 175 Å². The molecule has 1 aliphatic carbocycles. The van der Waals surface area contributed by atoms with Gasteiger partial charge in [0.1, 0.15) is 5.60 Å². The largest absolute Gasteiger partial charge is 0.383 e. The summed E-state index contributed by atoms with van der Waals surface area (Å²) in [5.41, 5.74) is 0.0997. The first-order valence-electron chi connectivity index (χ1n) is 11.6. The van der Waals surface area contributed by atoms with Crippen molar-refractivity contribution in [2.24, 2.45) is 5.92 Å². The van der Waals surface area contributed by atoms with E-state index in [4.69, 9.17) is 0 Å². The van der Waals surface area contributed by atoms with E-state index in [9.17, 15) is 9.90 Å². The highest BCUT2D eigenvalue weighted by atomic mass is 16.3. The Morgan fingerprint density at radius 1 is 0.966 bits per heavy atom. The number of piperazine rings is 1. The van der Waals surface area contributed by atoms with Crippen LogP contribution >= 0.6 is 0 Å². The Balaban J connectivity index is 1.55. The molecule has 1 N–H and O–H groups in total. The summed E-state index contributed by atoms with van der Waals surface area (Å²) in [6, 6.07) is 10.1. The summed E-state index contributed by atoms with van der Waals surface area (Å²) in [6.07, 6.45) is 7.59. The van der Waals surface area contributed by atoms with Crippen LogP contribution in [0.1, 0.15) is 50.5 Å². The van der Waals surface area contributed by atoms with Crippen LogP contribution in [-0.4, -0.2) is 78.1 Å². The summed E-state index contributed by atoms with van der Waals surface area (Å²) in [5.74, 6) is 0.523. The van der Waals surface area contributed by atoms with Crippen LogP contribution in [0, 0.1) is 5.92 Å². The minimum atomic E-state index is -0.891. The van der Waals surface area contributed by atoms with Crippen LogP contribution in [0.3, 0.4) is 0 Å². The quantitative estimate of drug-likeness (QED) is 0.794. The molecule has 29 heavy (non-hydrogen) atoms. The lowest BCUT2D eigenvalue weighted by Gasteiger charge is -2.51. The molecule has 1 aromatic carbocycles. The molecule has 3 fully saturated rings. The highest BCUT2D eigenvalue weighted by molar-refractivity contribution is 5.79. The van der Waals surface area contributed by atoms with E-state index in [1.54, 1.807) is 0 Å². The summed E-state index contributed by atoms with van der Waals surface area (Å²) in [4.78, 5) is 20.2. The van der Waals surface area contributed by atoms with Crippen LogP contribution < -0.4 is 0 Å². The number of benzene rings is 1. The summed E-state index contributed by atoms with van der Waals surface area (Å²) >= 11 is 0. The molecule has 2 atom stereocenters. The number of rotatable bonds is 3. The van der Waals surface area contributed by atoms with Crippen molar-refractivity contribution in [1.82, 2.24) is 14.7 Å². The molecule has 0 spiro atoms. The van der Waals surface area contributed by atoms with Gasteiger partial charge in [0.25, 0.3) is 0 Å². The van der Waals surface area contributed by atoms with Crippen LogP contribution in [-0.2, 0) is 10.4 Å². The van der Waals surface area contributed by atoms with Crippen molar-refractivity contribution in [3.63, 3.8) is 0 Å². The molecule has 0 radical (unpaired) electrons. The van der Waals surface area contributed by atoms with Gasteiger partial charge in [-0.2, -0.15) is 0 Å². The molecule has 5 nitrogen and oxygen atoms in total. The Bertz CT molecular complexity index is 666. The molecular formula is C24H37N3O2. The van der Waals surface area contributed by atoms with Gasteiger partial charge in [0, 0.05) is 45.2 Å². The minimum absolute atomic E-state index is 0.0397. The number of aliphatic hydroxyl groups is 1. The Kier molecular flexibility index (Phi) is 6.57. The number of amides is 1. The van der Waals surface area contributed by atoms with E-state index < -0.39 is 5.60 Å². The van der Waals surface area contributed by atoms with Crippen LogP contribution in [0.25, 0.3) is 0 Å². The lowest BCUT2D eigenvalue weighted by molar-refractivity contribution is -0.149. The second-order valence-electron chi connectivity index (χ2n) is 9.37. The van der Waals surface area contributed by atoms with Gasteiger partial charge >= 0.3 is 0 Å². The Morgan fingerprint density at radius 2 is 1.62 bits per heavy atom. The summed E-state index contributed by atoms with van der Waals surface area (Å²) in [6.45, 7) is 5.22. The second kappa shape index (κ2) is 9.15. The molecule has 2 heterocycles. The topological polar surface area (TPSA) is 47.0 Å². The molecular weight excluding hydrogens is 362 g/mol. The fourth-order valence-corrected chi connectivity index (χ4v) is 5.52. The predicted molar refractivity (Wildman–Crippen MR) is 116 cm³/mol. The third-order valence-electron chi connectivity index (χ3n) is 7.48. The van der Waals surface area contributed by atoms with Crippen molar-refractivity contribution in [2.45, 2.75) is 56.6 Å². The fourth-order valence-electron chi connectivity index (χ4n) is 5.52. The maximum atomic E-state index is 13.4. The predicted octanol–water partition coefficient (Wildman–Crippen LogP) is 2.69. The third-order valence-corrected chi connectivity index (χ3v) is 7.48. The van der Waals surface area contributed by atoms with Gasteiger partial charge in [-0.05, 0) is 31.9 Å². The first-order valence-corrected chi connectivity index (χ1v) is 11.6. The van der Waals surface area contributed by atoms with Gasteiger partial charge < -0.3 is 14.9 Å². The number of nitrogens with zero attached hydrogens (tertiary/aromatic N) is 3. The number of hydrogen-bond acceptors (Lipinski definition) is 4. The van der Waals surface area contributed by atoms with Gasteiger partial charge in [0.05, 0.1) is 6.04 Å². The van der Waals surface area contributed by atoms with Crippen molar-refractivity contribution in [1.29, 1.82) is 0 Å². The van der Waals surface area contributed by atoms with Gasteiger partial charge in [0.15, 0.2) is 0 Å². The number of likely N-dealkylation sites (tertiary alicyclic amines) is 1. The van der Waals surface area contributed by atoms with E-state index >= 15 is 0 Å². The second-order valence-corrected chi connectivity index (χ2v) is 9.37. The molecule has 1 amide bonds. The zero-order chi connectivity index (χ0) is 20.3. The molecule has 1 saturated carbocycles. The average molecular weight is 400 g/mol. The van der Waals surface area contributed by atoms with Crippen LogP contribution in [0.4, 0.5) is 0 Å². The summed E-state index contributed by atoms with van der Waals surface area (Å²) in [5, 5.41) is 11.9. The molecule has 0 aromatic heterocycles. The molecule has 2 aliphatic heterocycles. The molecule has 0 unspecified atom stereocenters. The lowest BCUT2D eigenvalue weighted by Crippen LogP contribution is -2.64. The average Bonchev–Trinajstić information content (AvgIpc) is 3.05. The van der Waals surface area contributed by atoms with Crippen LogP contribution in [0.2, 0.25) is 0 Å². The number of carbonyl (C=O) groups is 1. The number of carbonyl (C=O) groups excluding carboxylic acids is 1. The van der Waals surface area contributed by atoms with Crippen molar-refractivity contribution >= 4 is 5.91 Å². The maximum absolute atomic E-state index is 13.4. The highest BCUT2D eigenvalue weighted by Gasteiger charge is 2.47. The van der Waals surface area contributed by atoms with E-state index in [-0.39, 0.29) is 12.0 Å². The molecule has 3 aliphatic rings. The van der Waals surface area contributed by atoms with Gasteiger partial charge in [-0.3, -0.25) is 9.69 Å². The molecule has 160 valence electrons. The van der Waals surface area contributed by atoms with Gasteiger partial charge in [-0.1, -0.05) is 56.0 Å². The van der Waals surface area contributed by atoms with Crippen molar-refractivity contribution < 1.29 is 9.90 Å². The summed E-state index contributed by atoms with van der Waals surface area (Å²) in [7, 11) is 2.16. The highest BCUT2D eigenvalue weighted by Crippen LogP contribution is 2.37. The zero-order valence-corrected chi connectivity index (χ0v) is 17.9. The van der Waals surface area contributed by atoms with Crippen molar-refractivity contribution in [3.8, 4) is 0 Å². The molecule has 4 rings (SSSR count). The van der Waals surface area contributed by atoms with Crippen LogP contribution in [0.15, 0.2) is 30.3 Å². The molecule has 5 heteroatoms. The smallest absolute Gasteiger partial charge is 0.225 e. The van der Waals surface area contributed by atoms with Crippen molar-refractivity contribution in [2.75, 3.05) is 46.3 Å². The number of likely N-dealkylation sites (N-methyl/N-ethyl adjacent to an activating group) is 1. The molecule has 1 aromatic rings. The SMILES string of the molecule is CN1CCN([C@@H]2CN(C(=O)C3CCCCCC3)CC[C@]2(O)c2ccccc2)CC1. The first kappa shape index (κ1) is 20.8. The molecule has 0 bridgehead atoms. The molecule has 2 saturated heterocycles. The van der Waals surface area contributed by atoms with E-state index in [0.29, 0.717) is 25.4 Å². The first-order chi connectivity index (χ1) is 14.1. The number of piperidine rings is 1. The fraction of sp³-hybridized carbons (Fsp3) is 0.708.